The quantitative estimate of drug-likeness (QED) is 0.504. The molecule has 0 aliphatic heterocycles. The van der Waals surface area contributed by atoms with Crippen LogP contribution >= 0.6 is 0 Å². The number of nitrogen functional groups attached to an aromatic ring is 1. The Balaban J connectivity index is 2.29. The van der Waals surface area contributed by atoms with Gasteiger partial charge in [0.2, 0.25) is 5.95 Å². The molecule has 2 aromatic heterocycles. The molecule has 2 rings (SSSR count). The van der Waals surface area contributed by atoms with Crippen LogP contribution in [0.4, 0.5) is 5.95 Å². The predicted octanol–water partition coefficient (Wildman–Crippen LogP) is -1.54. The molecule has 9 heteroatoms. The molecule has 0 spiro atoms. The van der Waals surface area contributed by atoms with Gasteiger partial charge in [-0.2, -0.15) is 4.98 Å². The van der Waals surface area contributed by atoms with Gasteiger partial charge in [0.15, 0.2) is 11.2 Å². The lowest BCUT2D eigenvalue weighted by Gasteiger charge is -2.28. The molecule has 0 saturated carbocycles. The standard InChI is InChI=1S/C11H17N5O4/c1-20-11(4-17,5-18)2-3-16-6-13-8-7(16)9(19)15-10(12)14-8/h6,17-18H,2-5H2,1H3,(H3,12,14,15,19). The Morgan fingerprint density at radius 2 is 2.20 bits per heavy atom. The first-order valence-electron chi connectivity index (χ1n) is 6.03. The van der Waals surface area contributed by atoms with Gasteiger partial charge in [0.05, 0.1) is 19.5 Å². The molecular weight excluding hydrogens is 266 g/mol. The number of anilines is 1. The summed E-state index contributed by atoms with van der Waals surface area (Å²) in [5.74, 6) is 0.00436. The molecule has 0 amide bonds. The number of nitrogens with one attached hydrogen (secondary N) is 1. The third-order valence-electron chi connectivity index (χ3n) is 3.32. The molecule has 2 heterocycles. The van der Waals surface area contributed by atoms with Crippen LogP contribution in [0.2, 0.25) is 0 Å². The topological polar surface area (TPSA) is 139 Å². The van der Waals surface area contributed by atoms with Crippen molar-refractivity contribution >= 4 is 17.1 Å². The number of nitrogens with zero attached hydrogens (tertiary/aromatic N) is 3. The van der Waals surface area contributed by atoms with Crippen molar-refractivity contribution in [3.8, 4) is 0 Å². The van der Waals surface area contributed by atoms with E-state index in [0.717, 1.165) is 0 Å². The monoisotopic (exact) mass is 283 g/mol. The van der Waals surface area contributed by atoms with Crippen LogP contribution in [0, 0.1) is 0 Å². The maximum atomic E-state index is 11.8. The summed E-state index contributed by atoms with van der Waals surface area (Å²) < 4.78 is 6.72. The van der Waals surface area contributed by atoms with Crippen LogP contribution in [0.3, 0.4) is 0 Å². The van der Waals surface area contributed by atoms with Crippen molar-refractivity contribution in [3.63, 3.8) is 0 Å². The van der Waals surface area contributed by atoms with E-state index in [1.807, 2.05) is 0 Å². The van der Waals surface area contributed by atoms with Gasteiger partial charge in [0.1, 0.15) is 5.60 Å². The van der Waals surface area contributed by atoms with Crippen molar-refractivity contribution in [2.75, 3.05) is 26.1 Å². The van der Waals surface area contributed by atoms with E-state index in [1.54, 1.807) is 4.57 Å². The van der Waals surface area contributed by atoms with Gasteiger partial charge in [-0.1, -0.05) is 0 Å². The Morgan fingerprint density at radius 3 is 2.80 bits per heavy atom. The first kappa shape index (κ1) is 14.4. The van der Waals surface area contributed by atoms with Crippen LogP contribution in [0.5, 0.6) is 0 Å². The van der Waals surface area contributed by atoms with E-state index >= 15 is 0 Å². The number of nitrogens with two attached hydrogens (primary N) is 1. The van der Waals surface area contributed by atoms with E-state index in [4.69, 9.17) is 10.5 Å². The van der Waals surface area contributed by atoms with Crippen molar-refractivity contribution in [1.29, 1.82) is 0 Å². The van der Waals surface area contributed by atoms with Crippen LogP contribution in [0.15, 0.2) is 11.1 Å². The lowest BCUT2D eigenvalue weighted by Crippen LogP contribution is -2.40. The number of rotatable bonds is 6. The van der Waals surface area contributed by atoms with Crippen LogP contribution in [-0.4, -0.2) is 55.7 Å². The van der Waals surface area contributed by atoms with E-state index < -0.39 is 5.60 Å². The van der Waals surface area contributed by atoms with Gasteiger partial charge in [0.25, 0.3) is 5.56 Å². The summed E-state index contributed by atoms with van der Waals surface area (Å²) in [5.41, 5.74) is 4.54. The highest BCUT2D eigenvalue weighted by Crippen LogP contribution is 2.16. The number of hydrogen-bond donors (Lipinski definition) is 4. The molecule has 9 nitrogen and oxygen atoms in total. The summed E-state index contributed by atoms with van der Waals surface area (Å²) in [6, 6.07) is 0. The number of imidazole rings is 1. The fourth-order valence-corrected chi connectivity index (χ4v) is 1.94. The highest BCUT2D eigenvalue weighted by molar-refractivity contribution is 5.70. The van der Waals surface area contributed by atoms with Crippen molar-refractivity contribution in [1.82, 2.24) is 19.5 Å². The molecule has 110 valence electrons. The van der Waals surface area contributed by atoms with Crippen molar-refractivity contribution in [2.45, 2.75) is 18.6 Å². The third kappa shape index (κ3) is 2.50. The first-order chi connectivity index (χ1) is 9.55. The lowest BCUT2D eigenvalue weighted by molar-refractivity contribution is -0.0918. The van der Waals surface area contributed by atoms with Crippen LogP contribution in [0.1, 0.15) is 6.42 Å². The van der Waals surface area contributed by atoms with Gasteiger partial charge in [-0.25, -0.2) is 4.98 Å². The number of H-pyrrole nitrogens is 1. The van der Waals surface area contributed by atoms with Crippen LogP contribution in [0.25, 0.3) is 11.2 Å². The molecule has 0 unspecified atom stereocenters. The van der Waals surface area contributed by atoms with Crippen molar-refractivity contribution in [2.24, 2.45) is 0 Å². The summed E-state index contributed by atoms with van der Waals surface area (Å²) in [4.78, 5) is 22.2. The van der Waals surface area contributed by atoms with Crippen molar-refractivity contribution in [3.05, 3.63) is 16.7 Å². The molecule has 0 aliphatic carbocycles. The maximum Gasteiger partial charge on any atom is 0.278 e. The average Bonchev–Trinajstić information content (AvgIpc) is 2.84. The Kier molecular flexibility index (Phi) is 4.02. The highest BCUT2D eigenvalue weighted by Gasteiger charge is 2.28. The molecule has 0 aliphatic rings. The number of aromatic nitrogens is 4. The summed E-state index contributed by atoms with van der Waals surface area (Å²) >= 11 is 0. The van der Waals surface area contributed by atoms with E-state index in [-0.39, 0.29) is 30.4 Å². The number of aromatic amines is 1. The zero-order valence-corrected chi connectivity index (χ0v) is 11.0. The summed E-state index contributed by atoms with van der Waals surface area (Å²) in [7, 11) is 1.41. The Morgan fingerprint density at radius 1 is 1.50 bits per heavy atom. The number of hydrogen-bond acceptors (Lipinski definition) is 7. The van der Waals surface area contributed by atoms with Gasteiger partial charge >= 0.3 is 0 Å². The zero-order chi connectivity index (χ0) is 14.8. The minimum absolute atomic E-state index is 0.00436. The molecule has 20 heavy (non-hydrogen) atoms. The van der Waals surface area contributed by atoms with Gasteiger partial charge in [0, 0.05) is 13.7 Å². The largest absolute Gasteiger partial charge is 0.393 e. The predicted molar refractivity (Wildman–Crippen MR) is 71.1 cm³/mol. The number of fused-ring (bicyclic) bond motifs is 1. The van der Waals surface area contributed by atoms with E-state index in [2.05, 4.69) is 15.0 Å². The fraction of sp³-hybridized carbons (Fsp3) is 0.545. The Hall–Kier alpha value is -1.97. The average molecular weight is 283 g/mol. The normalized spacial score (nSPS) is 12.2. The summed E-state index contributed by atoms with van der Waals surface area (Å²) in [5, 5.41) is 18.6. The Bertz CT molecular complexity index is 638. The number of aryl methyl sites for hydroxylation is 1. The molecule has 0 aromatic carbocycles. The fourth-order valence-electron chi connectivity index (χ4n) is 1.94. The van der Waals surface area contributed by atoms with Crippen molar-refractivity contribution < 1.29 is 14.9 Å². The molecular formula is C11H17N5O4. The van der Waals surface area contributed by atoms with Gasteiger partial charge in [-0.15, -0.1) is 0 Å². The smallest absolute Gasteiger partial charge is 0.278 e. The summed E-state index contributed by atoms with van der Waals surface area (Å²) in [6.07, 6.45) is 1.77. The molecule has 5 N–H and O–H groups in total. The van der Waals surface area contributed by atoms with Gasteiger partial charge in [-0.05, 0) is 6.42 Å². The van der Waals surface area contributed by atoms with E-state index in [0.29, 0.717) is 18.5 Å². The second-order valence-electron chi connectivity index (χ2n) is 4.51. The van der Waals surface area contributed by atoms with E-state index in [1.165, 1.54) is 13.4 Å². The second-order valence-corrected chi connectivity index (χ2v) is 4.51. The highest BCUT2D eigenvalue weighted by atomic mass is 16.5. The van der Waals surface area contributed by atoms with Gasteiger partial charge < -0.3 is 25.3 Å². The second kappa shape index (κ2) is 5.57. The number of ether oxygens (including phenoxy) is 1. The Labute approximate surface area is 114 Å². The number of methoxy groups -OCH3 is 1. The van der Waals surface area contributed by atoms with E-state index in [9.17, 15) is 15.0 Å². The molecule has 0 atom stereocenters. The van der Waals surface area contributed by atoms with Crippen LogP contribution < -0.4 is 11.3 Å². The SMILES string of the molecule is COC(CO)(CO)CCn1cnc2nc(N)[nH]c(=O)c21. The molecule has 0 radical (unpaired) electrons. The number of aliphatic hydroxyl groups is 2. The maximum absolute atomic E-state index is 11.8. The zero-order valence-electron chi connectivity index (χ0n) is 11.0. The first-order valence-corrected chi connectivity index (χ1v) is 6.03. The van der Waals surface area contributed by atoms with Crippen LogP contribution in [-0.2, 0) is 11.3 Å². The number of aliphatic hydroxyl groups excluding tert-OH is 2. The minimum Gasteiger partial charge on any atom is -0.393 e. The molecule has 2 aromatic rings. The molecule has 0 fully saturated rings. The lowest BCUT2D eigenvalue weighted by atomic mass is 10.0. The minimum atomic E-state index is -1.05. The van der Waals surface area contributed by atoms with Gasteiger partial charge in [-0.3, -0.25) is 9.78 Å². The summed E-state index contributed by atoms with van der Waals surface area (Å²) in [6.45, 7) is -0.317. The third-order valence-corrected chi connectivity index (χ3v) is 3.32. The molecule has 0 bridgehead atoms. The molecule has 0 saturated heterocycles.